The number of aromatic nitrogens is 2. The zero-order valence-electron chi connectivity index (χ0n) is 14.8. The number of ether oxygens (including phenoxy) is 2. The molecule has 1 aromatic heterocycles. The van der Waals surface area contributed by atoms with Crippen molar-refractivity contribution in [1.29, 1.82) is 0 Å². The molecule has 0 spiro atoms. The predicted octanol–water partition coefficient (Wildman–Crippen LogP) is 3.52. The van der Waals surface area contributed by atoms with E-state index in [9.17, 15) is 0 Å². The van der Waals surface area contributed by atoms with Gasteiger partial charge in [-0.2, -0.15) is 4.98 Å². The molecule has 2 heterocycles. The first-order valence-electron chi connectivity index (χ1n) is 8.43. The maximum absolute atomic E-state index is 5.47. The van der Waals surface area contributed by atoms with Gasteiger partial charge in [-0.15, -0.1) is 0 Å². The van der Waals surface area contributed by atoms with E-state index in [-0.39, 0.29) is 0 Å². The van der Waals surface area contributed by atoms with E-state index >= 15 is 0 Å². The summed E-state index contributed by atoms with van der Waals surface area (Å²) in [6, 6.07) is 6.70. The van der Waals surface area contributed by atoms with Gasteiger partial charge in [0.05, 0.1) is 20.8 Å². The predicted molar refractivity (Wildman–Crippen MR) is 91.2 cm³/mol. The highest BCUT2D eigenvalue weighted by molar-refractivity contribution is 5.60. The van der Waals surface area contributed by atoms with Crippen molar-refractivity contribution >= 4 is 0 Å². The Morgan fingerprint density at radius 3 is 2.50 bits per heavy atom. The average Bonchev–Trinajstić information content (AvgIpc) is 3.06. The molecular formula is C18H25N3O3. The maximum atomic E-state index is 5.47. The molecule has 0 amide bonds. The Balaban J connectivity index is 1.78. The van der Waals surface area contributed by atoms with Crippen LogP contribution in [0.4, 0.5) is 0 Å². The maximum Gasteiger partial charge on any atom is 0.241 e. The summed E-state index contributed by atoms with van der Waals surface area (Å²) in [5.74, 6) is 2.56. The quantitative estimate of drug-likeness (QED) is 0.835. The molecule has 0 N–H and O–H groups in total. The Morgan fingerprint density at radius 1 is 1.12 bits per heavy atom. The molecule has 0 saturated carbocycles. The minimum Gasteiger partial charge on any atom is -0.493 e. The second kappa shape index (κ2) is 7.21. The molecule has 0 radical (unpaired) electrons. The van der Waals surface area contributed by atoms with Gasteiger partial charge in [0, 0.05) is 17.6 Å². The fraction of sp³-hybridized carbons (Fsp3) is 0.556. The SMILES string of the molecule is COc1ccc(-c2noc(CN3[C@H](C)CCC[C@H]3C)n2)cc1OC. The van der Waals surface area contributed by atoms with Crippen molar-refractivity contribution in [2.75, 3.05) is 14.2 Å². The van der Waals surface area contributed by atoms with E-state index in [1.54, 1.807) is 14.2 Å². The molecule has 6 heteroatoms. The number of hydrogen-bond acceptors (Lipinski definition) is 6. The molecule has 130 valence electrons. The summed E-state index contributed by atoms with van der Waals surface area (Å²) in [6.45, 7) is 5.23. The summed E-state index contributed by atoms with van der Waals surface area (Å²) in [4.78, 5) is 7.00. The Hall–Kier alpha value is -2.08. The topological polar surface area (TPSA) is 60.6 Å². The van der Waals surface area contributed by atoms with Crippen LogP contribution in [0.1, 0.15) is 39.0 Å². The molecule has 24 heavy (non-hydrogen) atoms. The fourth-order valence-corrected chi connectivity index (χ4v) is 3.35. The summed E-state index contributed by atoms with van der Waals surface area (Å²) in [7, 11) is 3.23. The van der Waals surface area contributed by atoms with Crippen LogP contribution in [0.3, 0.4) is 0 Å². The van der Waals surface area contributed by atoms with Gasteiger partial charge in [-0.05, 0) is 44.9 Å². The van der Waals surface area contributed by atoms with Gasteiger partial charge in [0.15, 0.2) is 11.5 Å². The molecule has 1 aliphatic rings. The van der Waals surface area contributed by atoms with Crippen LogP contribution in [0.15, 0.2) is 22.7 Å². The third-order valence-electron chi connectivity index (χ3n) is 4.80. The first-order chi connectivity index (χ1) is 11.6. The minimum absolute atomic E-state index is 0.546. The van der Waals surface area contributed by atoms with Crippen LogP contribution in [0.25, 0.3) is 11.4 Å². The smallest absolute Gasteiger partial charge is 0.241 e. The second-order valence-corrected chi connectivity index (χ2v) is 6.38. The van der Waals surface area contributed by atoms with Crippen molar-refractivity contribution in [1.82, 2.24) is 15.0 Å². The molecule has 1 aromatic carbocycles. The standard InChI is InChI=1S/C18H25N3O3/c1-12-6-5-7-13(2)21(12)11-17-19-18(20-24-17)14-8-9-15(22-3)16(10-14)23-4/h8-10,12-13H,5-7,11H2,1-4H3/t12-,13-/m1/s1. The lowest BCUT2D eigenvalue weighted by atomic mass is 9.98. The summed E-state index contributed by atoms with van der Waals surface area (Å²) < 4.78 is 16.1. The van der Waals surface area contributed by atoms with Gasteiger partial charge in [0.2, 0.25) is 11.7 Å². The van der Waals surface area contributed by atoms with Gasteiger partial charge in [-0.1, -0.05) is 11.6 Å². The van der Waals surface area contributed by atoms with Gasteiger partial charge < -0.3 is 14.0 Å². The van der Waals surface area contributed by atoms with Crippen molar-refractivity contribution in [3.63, 3.8) is 0 Å². The highest BCUT2D eigenvalue weighted by atomic mass is 16.5. The number of methoxy groups -OCH3 is 2. The van der Waals surface area contributed by atoms with E-state index in [1.165, 1.54) is 19.3 Å². The normalized spacial score (nSPS) is 21.7. The molecular weight excluding hydrogens is 306 g/mol. The van der Waals surface area contributed by atoms with Crippen LogP contribution < -0.4 is 9.47 Å². The van der Waals surface area contributed by atoms with Crippen LogP contribution >= 0.6 is 0 Å². The lowest BCUT2D eigenvalue weighted by molar-refractivity contribution is 0.0825. The lowest BCUT2D eigenvalue weighted by Gasteiger charge is -2.37. The molecule has 2 atom stereocenters. The summed E-state index contributed by atoms with van der Waals surface area (Å²) in [5, 5.41) is 4.12. The molecule has 2 aromatic rings. The number of likely N-dealkylation sites (tertiary alicyclic amines) is 1. The van der Waals surface area contributed by atoms with E-state index in [4.69, 9.17) is 14.0 Å². The van der Waals surface area contributed by atoms with Crippen molar-refractivity contribution in [2.45, 2.75) is 51.7 Å². The van der Waals surface area contributed by atoms with Crippen molar-refractivity contribution in [3.8, 4) is 22.9 Å². The van der Waals surface area contributed by atoms with E-state index in [0.29, 0.717) is 41.8 Å². The Morgan fingerprint density at radius 2 is 1.83 bits per heavy atom. The van der Waals surface area contributed by atoms with Crippen LogP contribution in [0.2, 0.25) is 0 Å². The molecule has 1 fully saturated rings. The van der Waals surface area contributed by atoms with Gasteiger partial charge in [-0.25, -0.2) is 0 Å². The fourth-order valence-electron chi connectivity index (χ4n) is 3.35. The van der Waals surface area contributed by atoms with Crippen LogP contribution in [-0.4, -0.2) is 41.3 Å². The monoisotopic (exact) mass is 331 g/mol. The first-order valence-corrected chi connectivity index (χ1v) is 8.43. The van der Waals surface area contributed by atoms with Crippen molar-refractivity contribution in [2.24, 2.45) is 0 Å². The van der Waals surface area contributed by atoms with Gasteiger partial charge in [-0.3, -0.25) is 4.90 Å². The molecule has 6 nitrogen and oxygen atoms in total. The zero-order valence-corrected chi connectivity index (χ0v) is 14.8. The lowest BCUT2D eigenvalue weighted by Crippen LogP contribution is -2.43. The van der Waals surface area contributed by atoms with Gasteiger partial charge in [0.1, 0.15) is 0 Å². The van der Waals surface area contributed by atoms with Crippen LogP contribution in [0.5, 0.6) is 11.5 Å². The first kappa shape index (κ1) is 16.8. The van der Waals surface area contributed by atoms with Crippen molar-refractivity contribution < 1.29 is 14.0 Å². The van der Waals surface area contributed by atoms with Crippen LogP contribution in [-0.2, 0) is 6.54 Å². The summed E-state index contributed by atoms with van der Waals surface area (Å²) in [5.41, 5.74) is 0.849. The Kier molecular flexibility index (Phi) is 5.04. The van der Waals surface area contributed by atoms with E-state index in [2.05, 4.69) is 28.9 Å². The molecule has 0 unspecified atom stereocenters. The Bertz CT molecular complexity index is 676. The van der Waals surface area contributed by atoms with Crippen molar-refractivity contribution in [3.05, 3.63) is 24.1 Å². The molecule has 0 aliphatic carbocycles. The van der Waals surface area contributed by atoms with E-state index in [1.807, 2.05) is 18.2 Å². The highest BCUT2D eigenvalue weighted by Crippen LogP contribution is 2.31. The highest BCUT2D eigenvalue weighted by Gasteiger charge is 2.26. The number of nitrogens with zero attached hydrogens (tertiary/aromatic N) is 3. The number of piperidine rings is 1. The molecule has 3 rings (SSSR count). The number of benzene rings is 1. The molecule has 1 aliphatic heterocycles. The van der Waals surface area contributed by atoms with Crippen LogP contribution in [0, 0.1) is 0 Å². The summed E-state index contributed by atoms with van der Waals surface area (Å²) in [6.07, 6.45) is 3.74. The van der Waals surface area contributed by atoms with E-state index in [0.717, 1.165) is 5.56 Å². The number of hydrogen-bond donors (Lipinski definition) is 0. The largest absolute Gasteiger partial charge is 0.493 e. The van der Waals surface area contributed by atoms with E-state index < -0.39 is 0 Å². The Labute approximate surface area is 142 Å². The number of rotatable bonds is 5. The average molecular weight is 331 g/mol. The van der Waals surface area contributed by atoms with Gasteiger partial charge >= 0.3 is 0 Å². The minimum atomic E-state index is 0.546. The third kappa shape index (κ3) is 3.38. The summed E-state index contributed by atoms with van der Waals surface area (Å²) >= 11 is 0. The van der Waals surface area contributed by atoms with Gasteiger partial charge in [0.25, 0.3) is 0 Å². The third-order valence-corrected chi connectivity index (χ3v) is 4.80. The molecule has 1 saturated heterocycles. The zero-order chi connectivity index (χ0) is 17.1. The second-order valence-electron chi connectivity index (χ2n) is 6.38. The molecule has 0 bridgehead atoms.